The quantitative estimate of drug-likeness (QED) is 0.523. The summed E-state index contributed by atoms with van der Waals surface area (Å²) in [5.41, 5.74) is 1.25. The number of H-pyrrole nitrogens is 1. The lowest BCUT2D eigenvalue weighted by molar-refractivity contribution is -0.121. The van der Waals surface area contributed by atoms with E-state index in [1.165, 1.54) is 4.68 Å². The summed E-state index contributed by atoms with van der Waals surface area (Å²) in [5.74, 6) is 0.555. The second-order valence-electron chi connectivity index (χ2n) is 6.73. The molecule has 8 heteroatoms. The number of nitrogens with one attached hydrogen (secondary N) is 2. The van der Waals surface area contributed by atoms with Crippen LogP contribution >= 0.6 is 0 Å². The number of imidazole rings is 1. The Labute approximate surface area is 165 Å². The third kappa shape index (κ3) is 3.56. The lowest BCUT2D eigenvalue weighted by atomic mass is 10.2. The standard InChI is InChI=1S/C21H21N5O3/c1-2-25-17-10-6-5-9-16(17)23-18(25)13-22-19(27)11-12-26-21(29)15-8-4-3-7-14(15)20(28)24-26/h3-10H,2,11-13H2,1H3,(H,22,27)(H,24,28). The molecule has 148 valence electrons. The molecule has 8 nitrogen and oxygen atoms in total. The van der Waals surface area contributed by atoms with Gasteiger partial charge in [0.25, 0.3) is 11.1 Å². The lowest BCUT2D eigenvalue weighted by Gasteiger charge is -2.09. The second kappa shape index (κ2) is 7.75. The van der Waals surface area contributed by atoms with Crippen LogP contribution < -0.4 is 16.4 Å². The number of carbonyl (C=O) groups is 1. The van der Waals surface area contributed by atoms with E-state index in [2.05, 4.69) is 20.0 Å². The molecule has 0 fully saturated rings. The van der Waals surface area contributed by atoms with Crippen LogP contribution in [0.25, 0.3) is 21.8 Å². The Morgan fingerprint density at radius 1 is 1.07 bits per heavy atom. The molecule has 0 radical (unpaired) electrons. The van der Waals surface area contributed by atoms with E-state index in [1.807, 2.05) is 31.2 Å². The largest absolute Gasteiger partial charge is 0.349 e. The van der Waals surface area contributed by atoms with E-state index >= 15 is 0 Å². The molecule has 0 aliphatic heterocycles. The average molecular weight is 391 g/mol. The minimum absolute atomic E-state index is 0.0700. The van der Waals surface area contributed by atoms with Crippen LogP contribution in [-0.2, 0) is 24.4 Å². The van der Waals surface area contributed by atoms with Gasteiger partial charge in [0.2, 0.25) is 5.91 Å². The summed E-state index contributed by atoms with van der Waals surface area (Å²) < 4.78 is 3.24. The first-order valence-corrected chi connectivity index (χ1v) is 9.51. The van der Waals surface area contributed by atoms with Gasteiger partial charge in [-0.3, -0.25) is 19.5 Å². The number of carbonyl (C=O) groups excluding carboxylic acids is 1. The maximum atomic E-state index is 12.5. The first kappa shape index (κ1) is 18.7. The molecule has 2 N–H and O–H groups in total. The zero-order valence-electron chi connectivity index (χ0n) is 16.0. The Kier molecular flexibility index (Phi) is 4.99. The van der Waals surface area contributed by atoms with Crippen LogP contribution in [-0.4, -0.2) is 25.2 Å². The summed E-state index contributed by atoms with van der Waals surface area (Å²) in [6, 6.07) is 14.5. The molecule has 0 spiro atoms. The Balaban J connectivity index is 1.45. The van der Waals surface area contributed by atoms with E-state index in [0.717, 1.165) is 23.4 Å². The topological polar surface area (TPSA) is 102 Å². The van der Waals surface area contributed by atoms with Crippen molar-refractivity contribution in [2.45, 2.75) is 33.0 Å². The van der Waals surface area contributed by atoms with Crippen molar-refractivity contribution >= 4 is 27.7 Å². The molecule has 29 heavy (non-hydrogen) atoms. The summed E-state index contributed by atoms with van der Waals surface area (Å²) in [4.78, 5) is 41.5. The summed E-state index contributed by atoms with van der Waals surface area (Å²) in [6.07, 6.45) is 0.0700. The molecule has 0 saturated heterocycles. The highest BCUT2D eigenvalue weighted by Gasteiger charge is 2.11. The molecule has 4 aromatic rings. The van der Waals surface area contributed by atoms with Crippen molar-refractivity contribution in [3.05, 3.63) is 75.1 Å². The highest BCUT2D eigenvalue weighted by atomic mass is 16.2. The Hall–Kier alpha value is -3.68. The molecule has 0 bridgehead atoms. The van der Waals surface area contributed by atoms with Crippen LogP contribution in [0, 0.1) is 0 Å². The average Bonchev–Trinajstić information content (AvgIpc) is 3.11. The number of aromatic amines is 1. The molecule has 2 aromatic heterocycles. The zero-order chi connectivity index (χ0) is 20.4. The summed E-state index contributed by atoms with van der Waals surface area (Å²) in [7, 11) is 0. The third-order valence-electron chi connectivity index (χ3n) is 4.94. The Morgan fingerprint density at radius 3 is 2.59 bits per heavy atom. The van der Waals surface area contributed by atoms with Crippen molar-refractivity contribution in [2.24, 2.45) is 0 Å². The molecule has 0 saturated carbocycles. The van der Waals surface area contributed by atoms with Gasteiger partial charge < -0.3 is 9.88 Å². The first-order chi connectivity index (χ1) is 14.1. The summed E-state index contributed by atoms with van der Waals surface area (Å²) in [5, 5.41) is 6.07. The second-order valence-corrected chi connectivity index (χ2v) is 6.73. The van der Waals surface area contributed by atoms with Crippen molar-refractivity contribution in [3.8, 4) is 0 Å². The minimum Gasteiger partial charge on any atom is -0.349 e. The van der Waals surface area contributed by atoms with Gasteiger partial charge in [0.15, 0.2) is 0 Å². The summed E-state index contributed by atoms with van der Waals surface area (Å²) >= 11 is 0. The normalized spacial score (nSPS) is 11.2. The van der Waals surface area contributed by atoms with Crippen LogP contribution in [0.5, 0.6) is 0 Å². The molecule has 2 aromatic carbocycles. The number of amides is 1. The molecule has 4 rings (SSSR count). The number of nitrogens with zero attached hydrogens (tertiary/aromatic N) is 3. The van der Waals surface area contributed by atoms with E-state index in [9.17, 15) is 14.4 Å². The van der Waals surface area contributed by atoms with Gasteiger partial charge in [-0.2, -0.15) is 0 Å². The van der Waals surface area contributed by atoms with Crippen molar-refractivity contribution < 1.29 is 4.79 Å². The zero-order valence-corrected chi connectivity index (χ0v) is 16.0. The van der Waals surface area contributed by atoms with Crippen LogP contribution in [0.15, 0.2) is 58.1 Å². The summed E-state index contributed by atoms with van der Waals surface area (Å²) in [6.45, 7) is 3.17. The highest BCUT2D eigenvalue weighted by Crippen LogP contribution is 2.15. The maximum Gasteiger partial charge on any atom is 0.273 e. The predicted octanol–water partition coefficient (Wildman–Crippen LogP) is 1.77. The van der Waals surface area contributed by atoms with Gasteiger partial charge in [0.05, 0.1) is 34.9 Å². The number of hydrogen-bond donors (Lipinski definition) is 2. The van der Waals surface area contributed by atoms with Crippen LogP contribution in [0.2, 0.25) is 0 Å². The van der Waals surface area contributed by atoms with Crippen molar-refractivity contribution in [1.82, 2.24) is 24.6 Å². The van der Waals surface area contributed by atoms with Gasteiger partial charge in [-0.25, -0.2) is 9.67 Å². The maximum absolute atomic E-state index is 12.5. The third-order valence-corrected chi connectivity index (χ3v) is 4.94. The molecular formula is C21H21N5O3. The Morgan fingerprint density at radius 2 is 1.79 bits per heavy atom. The van der Waals surface area contributed by atoms with Crippen molar-refractivity contribution in [2.75, 3.05) is 0 Å². The SMILES string of the molecule is CCn1c(CNC(=O)CCn2[nH]c(=O)c3ccccc3c2=O)nc2ccccc21. The molecule has 1 amide bonds. The smallest absolute Gasteiger partial charge is 0.273 e. The van der Waals surface area contributed by atoms with E-state index < -0.39 is 0 Å². The number of hydrogen-bond acceptors (Lipinski definition) is 4. The molecule has 0 aliphatic carbocycles. The van der Waals surface area contributed by atoms with Gasteiger partial charge in [-0.05, 0) is 31.2 Å². The fourth-order valence-corrected chi connectivity index (χ4v) is 3.50. The number of aryl methyl sites for hydroxylation is 2. The van der Waals surface area contributed by atoms with Gasteiger partial charge in [0.1, 0.15) is 5.82 Å². The van der Waals surface area contributed by atoms with Crippen LogP contribution in [0.3, 0.4) is 0 Å². The van der Waals surface area contributed by atoms with E-state index in [0.29, 0.717) is 17.3 Å². The number of rotatable bonds is 6. The van der Waals surface area contributed by atoms with Crippen LogP contribution in [0.4, 0.5) is 0 Å². The molecular weight excluding hydrogens is 370 g/mol. The van der Waals surface area contributed by atoms with Crippen molar-refractivity contribution in [1.29, 1.82) is 0 Å². The fraction of sp³-hybridized carbons (Fsp3) is 0.238. The van der Waals surface area contributed by atoms with Gasteiger partial charge in [-0.15, -0.1) is 0 Å². The predicted molar refractivity (Wildman–Crippen MR) is 111 cm³/mol. The first-order valence-electron chi connectivity index (χ1n) is 9.51. The van der Waals surface area contributed by atoms with Gasteiger partial charge in [0, 0.05) is 13.0 Å². The molecule has 2 heterocycles. The van der Waals surface area contributed by atoms with Crippen LogP contribution in [0.1, 0.15) is 19.2 Å². The van der Waals surface area contributed by atoms with Gasteiger partial charge in [-0.1, -0.05) is 24.3 Å². The van der Waals surface area contributed by atoms with Crippen molar-refractivity contribution in [3.63, 3.8) is 0 Å². The number of benzene rings is 2. The number of para-hydroxylation sites is 2. The Bertz CT molecular complexity index is 1320. The van der Waals surface area contributed by atoms with E-state index in [1.54, 1.807) is 24.3 Å². The van der Waals surface area contributed by atoms with E-state index in [4.69, 9.17) is 0 Å². The number of fused-ring (bicyclic) bond motifs is 2. The molecule has 0 atom stereocenters. The highest BCUT2D eigenvalue weighted by molar-refractivity contribution is 5.80. The minimum atomic E-state index is -0.350. The lowest BCUT2D eigenvalue weighted by Crippen LogP contribution is -2.32. The fourth-order valence-electron chi connectivity index (χ4n) is 3.50. The molecule has 0 aliphatic rings. The molecule has 0 unspecified atom stereocenters. The number of aromatic nitrogens is 4. The van der Waals surface area contributed by atoms with Gasteiger partial charge >= 0.3 is 0 Å². The van der Waals surface area contributed by atoms with E-state index in [-0.39, 0.29) is 30.0 Å². The monoisotopic (exact) mass is 391 g/mol.